The van der Waals surface area contributed by atoms with E-state index >= 15 is 0 Å². The fraction of sp³-hybridized carbons (Fsp3) is 0.640. The van der Waals surface area contributed by atoms with Crippen molar-refractivity contribution >= 4 is 17.7 Å². The van der Waals surface area contributed by atoms with Crippen LogP contribution in [0, 0.1) is 5.82 Å². The van der Waals surface area contributed by atoms with E-state index in [1.54, 1.807) is 0 Å². The van der Waals surface area contributed by atoms with Crippen molar-refractivity contribution in [3.8, 4) is 0 Å². The van der Waals surface area contributed by atoms with Crippen molar-refractivity contribution < 1.29 is 43.9 Å². The summed E-state index contributed by atoms with van der Waals surface area (Å²) in [4.78, 5) is 42.8. The highest BCUT2D eigenvalue weighted by atomic mass is 19.1. The maximum atomic E-state index is 13.5. The van der Waals surface area contributed by atoms with Gasteiger partial charge in [0, 0.05) is 58.2 Å². The third-order valence-electron chi connectivity index (χ3n) is 6.75. The van der Waals surface area contributed by atoms with E-state index in [-0.39, 0.29) is 63.2 Å². The molecule has 0 radical (unpaired) electrons. The zero-order valence-corrected chi connectivity index (χ0v) is 20.9. The number of likely N-dealkylation sites (tertiary alicyclic amines) is 1. The lowest BCUT2D eigenvalue weighted by Gasteiger charge is -2.34. The molecule has 3 rings (SSSR count). The largest absolute Gasteiger partial charge is 0.391 e. The number of ether oxygens (including phenoxy) is 1. The maximum absolute atomic E-state index is 13.5. The van der Waals surface area contributed by atoms with Crippen LogP contribution in [0.25, 0.3) is 0 Å². The first kappa shape index (κ1) is 28.9. The Hall–Kier alpha value is -2.64. The number of halogens is 1. The lowest BCUT2D eigenvalue weighted by molar-refractivity contribution is -0.143. The van der Waals surface area contributed by atoms with E-state index in [0.717, 1.165) is 12.1 Å². The lowest BCUT2D eigenvalue weighted by atomic mass is 10.1. The van der Waals surface area contributed by atoms with Crippen LogP contribution in [0.15, 0.2) is 24.3 Å². The van der Waals surface area contributed by atoms with Crippen molar-refractivity contribution in [3.05, 3.63) is 35.6 Å². The number of benzene rings is 1. The minimum Gasteiger partial charge on any atom is -0.391 e. The Kier molecular flexibility index (Phi) is 10.4. The van der Waals surface area contributed by atoms with Gasteiger partial charge in [-0.3, -0.25) is 14.4 Å². The van der Waals surface area contributed by atoms with Crippen molar-refractivity contribution in [1.82, 2.24) is 14.7 Å². The Morgan fingerprint density at radius 1 is 0.919 bits per heavy atom. The monoisotopic (exact) mass is 525 g/mol. The fourth-order valence-electron chi connectivity index (χ4n) is 4.63. The molecule has 11 nitrogen and oxygen atoms in total. The number of hydrogen-bond donors (Lipinski definition) is 4. The molecule has 0 bridgehead atoms. The molecule has 2 saturated heterocycles. The molecule has 4 N–H and O–H groups in total. The molecule has 3 amide bonds. The van der Waals surface area contributed by atoms with Crippen molar-refractivity contribution in [2.45, 2.75) is 56.6 Å². The fourth-order valence-corrected chi connectivity index (χ4v) is 4.63. The topological polar surface area (TPSA) is 151 Å². The molecule has 0 aromatic heterocycles. The first-order chi connectivity index (χ1) is 17.6. The van der Waals surface area contributed by atoms with Crippen LogP contribution in [0.4, 0.5) is 4.39 Å². The molecule has 206 valence electrons. The summed E-state index contributed by atoms with van der Waals surface area (Å²) in [6.45, 7) is 1.39. The molecule has 0 saturated carbocycles. The summed E-state index contributed by atoms with van der Waals surface area (Å²) in [5, 5.41) is 41.2. The number of hydrogen-bond acceptors (Lipinski definition) is 8. The molecular weight excluding hydrogens is 489 g/mol. The van der Waals surface area contributed by atoms with Gasteiger partial charge in [0.15, 0.2) is 0 Å². The minimum atomic E-state index is -1.59. The second kappa shape index (κ2) is 13.2. The third kappa shape index (κ3) is 7.68. The van der Waals surface area contributed by atoms with Gasteiger partial charge in [-0.05, 0) is 37.1 Å². The smallest absolute Gasteiger partial charge is 0.254 e. The highest BCUT2D eigenvalue weighted by molar-refractivity contribution is 5.94. The van der Waals surface area contributed by atoms with E-state index in [1.165, 1.54) is 33.8 Å². The molecule has 0 aliphatic carbocycles. The molecule has 12 heteroatoms. The van der Waals surface area contributed by atoms with Crippen LogP contribution >= 0.6 is 0 Å². The second-order valence-electron chi connectivity index (χ2n) is 9.57. The molecular formula is C25H36FN3O8. The van der Waals surface area contributed by atoms with Gasteiger partial charge in [0.05, 0.1) is 12.7 Å². The number of nitrogens with zero attached hydrogens (tertiary/aromatic N) is 3. The molecule has 1 aromatic carbocycles. The minimum absolute atomic E-state index is 0.0341. The third-order valence-corrected chi connectivity index (χ3v) is 6.75. The summed E-state index contributed by atoms with van der Waals surface area (Å²) >= 11 is 0. The number of rotatable bonds is 2. The molecule has 2 aliphatic heterocycles. The summed E-state index contributed by atoms with van der Waals surface area (Å²) in [5.41, 5.74) is 0.146. The molecule has 5 atom stereocenters. The van der Waals surface area contributed by atoms with Gasteiger partial charge in [-0.2, -0.15) is 0 Å². The van der Waals surface area contributed by atoms with Crippen molar-refractivity contribution in [1.29, 1.82) is 0 Å². The van der Waals surface area contributed by atoms with Crippen LogP contribution in [0.3, 0.4) is 0 Å². The van der Waals surface area contributed by atoms with E-state index in [0.29, 0.717) is 19.4 Å². The van der Waals surface area contributed by atoms with Gasteiger partial charge in [-0.25, -0.2) is 4.39 Å². The SMILES string of the molecule is CC(=O)N1C[C@H](O)C[C@H]1C(=O)N1CCCCOC[C@@H](O)[C@H](O)[C@@H](O)CN(C(=O)c2ccc(F)cc2)CC1. The second-order valence-corrected chi connectivity index (χ2v) is 9.57. The Balaban J connectivity index is 1.84. The summed E-state index contributed by atoms with van der Waals surface area (Å²) in [6.07, 6.45) is -4.11. The van der Waals surface area contributed by atoms with Gasteiger partial charge >= 0.3 is 0 Å². The van der Waals surface area contributed by atoms with Crippen molar-refractivity contribution in [2.75, 3.05) is 45.9 Å². The van der Waals surface area contributed by atoms with Crippen LogP contribution in [-0.2, 0) is 14.3 Å². The molecule has 2 fully saturated rings. The summed E-state index contributed by atoms with van der Waals surface area (Å²) < 4.78 is 18.8. The molecule has 0 spiro atoms. The Morgan fingerprint density at radius 2 is 1.59 bits per heavy atom. The van der Waals surface area contributed by atoms with E-state index in [4.69, 9.17) is 4.74 Å². The van der Waals surface area contributed by atoms with Gasteiger partial charge in [-0.15, -0.1) is 0 Å². The van der Waals surface area contributed by atoms with E-state index in [2.05, 4.69) is 0 Å². The van der Waals surface area contributed by atoms with E-state index in [1.807, 2.05) is 0 Å². The van der Waals surface area contributed by atoms with Gasteiger partial charge in [0.2, 0.25) is 11.8 Å². The van der Waals surface area contributed by atoms with E-state index < -0.39 is 42.2 Å². The van der Waals surface area contributed by atoms with E-state index in [9.17, 15) is 39.2 Å². The zero-order valence-electron chi connectivity index (χ0n) is 20.9. The lowest BCUT2D eigenvalue weighted by Crippen LogP contribution is -2.52. The Bertz CT molecular complexity index is 933. The maximum Gasteiger partial charge on any atom is 0.254 e. The average molecular weight is 526 g/mol. The first-order valence-electron chi connectivity index (χ1n) is 12.5. The quantitative estimate of drug-likeness (QED) is 0.383. The highest BCUT2D eigenvalue weighted by Crippen LogP contribution is 2.21. The van der Waals surface area contributed by atoms with Crippen LogP contribution in [0.5, 0.6) is 0 Å². The first-order valence-corrected chi connectivity index (χ1v) is 12.5. The normalized spacial score (nSPS) is 28.6. The number of aliphatic hydroxyl groups is 4. The van der Waals surface area contributed by atoms with Crippen LogP contribution in [0.1, 0.15) is 36.5 Å². The van der Waals surface area contributed by atoms with Gasteiger partial charge in [-0.1, -0.05) is 0 Å². The van der Waals surface area contributed by atoms with Gasteiger partial charge < -0.3 is 39.9 Å². The predicted molar refractivity (Wildman–Crippen MR) is 129 cm³/mol. The number of aliphatic hydroxyl groups excluding tert-OH is 4. The van der Waals surface area contributed by atoms with Gasteiger partial charge in [0.1, 0.15) is 30.2 Å². The average Bonchev–Trinajstić information content (AvgIpc) is 3.27. The molecule has 2 heterocycles. The molecule has 37 heavy (non-hydrogen) atoms. The number of carbonyl (C=O) groups is 3. The molecule has 0 unspecified atom stereocenters. The number of carbonyl (C=O) groups excluding carboxylic acids is 3. The van der Waals surface area contributed by atoms with Crippen molar-refractivity contribution in [3.63, 3.8) is 0 Å². The number of β-amino-alcohol motifs (C(OH)–C–C–N with tert-alkyl or cyclic N) is 2. The number of amides is 3. The zero-order chi connectivity index (χ0) is 27.1. The van der Waals surface area contributed by atoms with Crippen molar-refractivity contribution in [2.24, 2.45) is 0 Å². The molecule has 1 aromatic rings. The van der Waals surface area contributed by atoms with Crippen LogP contribution < -0.4 is 0 Å². The van der Waals surface area contributed by atoms with Crippen LogP contribution in [-0.4, -0.2) is 129 Å². The summed E-state index contributed by atoms with van der Waals surface area (Å²) in [7, 11) is 0. The predicted octanol–water partition coefficient (Wildman–Crippen LogP) is -1.03. The molecule has 2 aliphatic rings. The highest BCUT2D eigenvalue weighted by Gasteiger charge is 2.39. The Labute approximate surface area is 215 Å². The standard InChI is InChI=1S/C25H36FN3O8/c1-16(30)29-13-19(31)12-20(29)25(36)27-8-2-3-11-37-15-22(33)23(34)21(32)14-28(10-9-27)24(35)17-4-6-18(26)7-5-17/h4-7,19-23,31-34H,2-3,8-15H2,1H3/t19-,20+,21+,22-,23-/m1/s1. The van der Waals surface area contributed by atoms with Gasteiger partial charge in [0.25, 0.3) is 5.91 Å². The summed E-state index contributed by atoms with van der Waals surface area (Å²) in [6, 6.07) is 4.01. The summed E-state index contributed by atoms with van der Waals surface area (Å²) in [5.74, 6) is -1.76. The Morgan fingerprint density at radius 3 is 2.27 bits per heavy atom. The van der Waals surface area contributed by atoms with Crippen LogP contribution in [0.2, 0.25) is 0 Å².